The number of rotatable bonds is 4. The molecule has 2 aromatic rings. The molecule has 0 saturated carbocycles. The van der Waals surface area contributed by atoms with Crippen LogP contribution in [0.2, 0.25) is 10.0 Å². The molecule has 0 unspecified atom stereocenters. The highest BCUT2D eigenvalue weighted by Crippen LogP contribution is 2.38. The lowest BCUT2D eigenvalue weighted by molar-refractivity contribution is -0.112. The van der Waals surface area contributed by atoms with Gasteiger partial charge in [-0.2, -0.15) is 5.26 Å². The minimum absolute atomic E-state index is 0.133. The van der Waals surface area contributed by atoms with Crippen molar-refractivity contribution < 1.29 is 14.3 Å². The van der Waals surface area contributed by atoms with Crippen LogP contribution in [0, 0.1) is 11.3 Å². The molecule has 1 aromatic heterocycles. The quantitative estimate of drug-likeness (QED) is 0.403. The SMILES string of the molecule is COC(=O)c1c(NC(=O)/C(C#N)=C/c2ccc(Cl)cc2Cl)sc2c1CCCC2. The maximum Gasteiger partial charge on any atom is 0.341 e. The summed E-state index contributed by atoms with van der Waals surface area (Å²) in [7, 11) is 1.31. The zero-order valence-electron chi connectivity index (χ0n) is 15.0. The number of nitriles is 1. The third-order valence-electron chi connectivity index (χ3n) is 4.42. The van der Waals surface area contributed by atoms with Crippen LogP contribution in [0.1, 0.15) is 39.2 Å². The summed E-state index contributed by atoms with van der Waals surface area (Å²) in [6.07, 6.45) is 5.05. The van der Waals surface area contributed by atoms with E-state index in [4.69, 9.17) is 27.9 Å². The molecule has 0 aliphatic heterocycles. The second-order valence-electron chi connectivity index (χ2n) is 6.20. The summed E-state index contributed by atoms with van der Waals surface area (Å²) in [5, 5.41) is 13.3. The van der Waals surface area contributed by atoms with Crippen molar-refractivity contribution in [3.63, 3.8) is 0 Å². The van der Waals surface area contributed by atoms with Gasteiger partial charge in [-0.15, -0.1) is 11.3 Å². The summed E-state index contributed by atoms with van der Waals surface area (Å²) in [5.41, 5.74) is 1.68. The molecule has 1 amide bonds. The highest BCUT2D eigenvalue weighted by Gasteiger charge is 2.27. The van der Waals surface area contributed by atoms with Gasteiger partial charge in [0, 0.05) is 14.9 Å². The number of esters is 1. The van der Waals surface area contributed by atoms with E-state index in [-0.39, 0.29) is 5.57 Å². The van der Waals surface area contributed by atoms with Gasteiger partial charge in [0.05, 0.1) is 12.7 Å². The molecular weight excluding hydrogens is 419 g/mol. The number of carbonyl (C=O) groups excluding carboxylic acids is 2. The van der Waals surface area contributed by atoms with E-state index < -0.39 is 11.9 Å². The number of amides is 1. The Morgan fingerprint density at radius 3 is 2.71 bits per heavy atom. The van der Waals surface area contributed by atoms with Crippen molar-refractivity contribution in [1.29, 1.82) is 5.26 Å². The Labute approximate surface area is 176 Å². The first-order valence-electron chi connectivity index (χ1n) is 8.55. The van der Waals surface area contributed by atoms with E-state index >= 15 is 0 Å². The number of hydrogen-bond acceptors (Lipinski definition) is 5. The average Bonchev–Trinajstić information content (AvgIpc) is 3.04. The number of nitrogens with one attached hydrogen (secondary N) is 1. The molecule has 144 valence electrons. The predicted molar refractivity (Wildman–Crippen MR) is 111 cm³/mol. The number of fused-ring (bicyclic) bond motifs is 1. The number of benzene rings is 1. The van der Waals surface area contributed by atoms with Gasteiger partial charge in [0.15, 0.2) is 0 Å². The highest BCUT2D eigenvalue weighted by atomic mass is 35.5. The molecule has 28 heavy (non-hydrogen) atoms. The van der Waals surface area contributed by atoms with Crippen LogP contribution in [0.15, 0.2) is 23.8 Å². The number of ether oxygens (including phenoxy) is 1. The Kier molecular flexibility index (Phi) is 6.40. The zero-order chi connectivity index (χ0) is 20.3. The number of thiophene rings is 1. The van der Waals surface area contributed by atoms with Gasteiger partial charge in [-0.1, -0.05) is 29.3 Å². The number of methoxy groups -OCH3 is 1. The number of carbonyl (C=O) groups is 2. The number of nitrogens with zero attached hydrogens (tertiary/aromatic N) is 1. The van der Waals surface area contributed by atoms with E-state index in [1.165, 1.54) is 30.6 Å². The predicted octanol–water partition coefficient (Wildman–Crippen LogP) is 5.27. The van der Waals surface area contributed by atoms with Gasteiger partial charge in [0.1, 0.15) is 16.6 Å². The molecule has 5 nitrogen and oxygen atoms in total. The van der Waals surface area contributed by atoms with Crippen molar-refractivity contribution in [3.8, 4) is 6.07 Å². The van der Waals surface area contributed by atoms with Crippen molar-refractivity contribution in [1.82, 2.24) is 0 Å². The van der Waals surface area contributed by atoms with E-state index in [1.54, 1.807) is 12.1 Å². The summed E-state index contributed by atoms with van der Waals surface area (Å²) < 4.78 is 4.90. The summed E-state index contributed by atoms with van der Waals surface area (Å²) >= 11 is 13.4. The third-order valence-corrected chi connectivity index (χ3v) is 6.18. The average molecular weight is 435 g/mol. The van der Waals surface area contributed by atoms with E-state index in [0.717, 1.165) is 36.1 Å². The first-order valence-corrected chi connectivity index (χ1v) is 10.1. The minimum Gasteiger partial charge on any atom is -0.465 e. The standard InChI is InChI=1S/C20H16Cl2N2O3S/c1-27-20(26)17-14-4-2-3-5-16(14)28-19(17)24-18(25)12(10-23)8-11-6-7-13(21)9-15(11)22/h6-9H,2-5H2,1H3,(H,24,25)/b12-8+. The van der Waals surface area contributed by atoms with Crippen molar-refractivity contribution in [2.45, 2.75) is 25.7 Å². The molecule has 0 atom stereocenters. The second-order valence-corrected chi connectivity index (χ2v) is 8.15. The largest absolute Gasteiger partial charge is 0.465 e. The number of aryl methyl sites for hydroxylation is 1. The molecule has 1 aliphatic rings. The smallest absolute Gasteiger partial charge is 0.341 e. The summed E-state index contributed by atoms with van der Waals surface area (Å²) in [4.78, 5) is 26.0. The summed E-state index contributed by atoms with van der Waals surface area (Å²) in [6, 6.07) is 6.66. The van der Waals surface area contributed by atoms with Crippen LogP contribution in [0.4, 0.5) is 5.00 Å². The fraction of sp³-hybridized carbons (Fsp3) is 0.250. The molecule has 0 spiro atoms. The third kappa shape index (κ3) is 4.22. The molecule has 0 bridgehead atoms. The van der Waals surface area contributed by atoms with Crippen molar-refractivity contribution in [3.05, 3.63) is 55.4 Å². The molecule has 1 N–H and O–H groups in total. The van der Waals surface area contributed by atoms with Crippen LogP contribution in [0.25, 0.3) is 6.08 Å². The molecule has 0 fully saturated rings. The topological polar surface area (TPSA) is 79.2 Å². The van der Waals surface area contributed by atoms with Crippen molar-refractivity contribution >= 4 is 57.5 Å². The van der Waals surface area contributed by atoms with Crippen molar-refractivity contribution in [2.24, 2.45) is 0 Å². The zero-order valence-corrected chi connectivity index (χ0v) is 17.3. The molecule has 1 aliphatic carbocycles. The van der Waals surface area contributed by atoms with Gasteiger partial charge >= 0.3 is 5.97 Å². The molecule has 0 saturated heterocycles. The van der Waals surface area contributed by atoms with Crippen LogP contribution in [0.5, 0.6) is 0 Å². The molecular formula is C20H16Cl2N2O3S. The summed E-state index contributed by atoms with van der Waals surface area (Å²) in [5.74, 6) is -1.10. The van der Waals surface area contributed by atoms with Gasteiger partial charge in [-0.3, -0.25) is 4.79 Å². The van der Waals surface area contributed by atoms with Gasteiger partial charge in [-0.25, -0.2) is 4.79 Å². The maximum absolute atomic E-state index is 12.7. The monoisotopic (exact) mass is 434 g/mol. The first-order chi connectivity index (χ1) is 13.4. The highest BCUT2D eigenvalue weighted by molar-refractivity contribution is 7.17. The Morgan fingerprint density at radius 2 is 2.04 bits per heavy atom. The van der Waals surface area contributed by atoms with Crippen LogP contribution in [0.3, 0.4) is 0 Å². The van der Waals surface area contributed by atoms with E-state index in [9.17, 15) is 14.9 Å². The van der Waals surface area contributed by atoms with Crippen LogP contribution in [-0.4, -0.2) is 19.0 Å². The van der Waals surface area contributed by atoms with Crippen molar-refractivity contribution in [2.75, 3.05) is 12.4 Å². The van der Waals surface area contributed by atoms with E-state index in [1.807, 2.05) is 6.07 Å². The molecule has 0 radical (unpaired) electrons. The molecule has 3 rings (SSSR count). The minimum atomic E-state index is -0.614. The van der Waals surface area contributed by atoms with Crippen LogP contribution in [-0.2, 0) is 22.4 Å². The normalized spacial score (nSPS) is 13.4. The number of hydrogen-bond donors (Lipinski definition) is 1. The Balaban J connectivity index is 1.93. The van der Waals surface area contributed by atoms with Gasteiger partial charge < -0.3 is 10.1 Å². The Bertz CT molecular complexity index is 1020. The van der Waals surface area contributed by atoms with E-state index in [0.29, 0.717) is 26.2 Å². The number of anilines is 1. The Hall–Kier alpha value is -2.33. The molecule has 8 heteroatoms. The molecule has 1 heterocycles. The van der Waals surface area contributed by atoms with Crippen LogP contribution < -0.4 is 5.32 Å². The lowest BCUT2D eigenvalue weighted by atomic mass is 9.95. The lowest BCUT2D eigenvalue weighted by Gasteiger charge is -2.11. The number of halogens is 2. The summed E-state index contributed by atoms with van der Waals surface area (Å²) in [6.45, 7) is 0. The van der Waals surface area contributed by atoms with Gasteiger partial charge in [0.2, 0.25) is 0 Å². The van der Waals surface area contributed by atoms with Gasteiger partial charge in [-0.05, 0) is 55.0 Å². The first kappa shape index (κ1) is 20.4. The maximum atomic E-state index is 12.7. The second kappa shape index (κ2) is 8.78. The van der Waals surface area contributed by atoms with Gasteiger partial charge in [0.25, 0.3) is 5.91 Å². The van der Waals surface area contributed by atoms with E-state index in [2.05, 4.69) is 5.32 Å². The fourth-order valence-electron chi connectivity index (χ4n) is 3.07. The van der Waals surface area contributed by atoms with Crippen LogP contribution >= 0.6 is 34.5 Å². The fourth-order valence-corrected chi connectivity index (χ4v) is 4.80. The lowest BCUT2D eigenvalue weighted by Crippen LogP contribution is -2.16. The Morgan fingerprint density at radius 1 is 1.29 bits per heavy atom. The molecule has 1 aromatic carbocycles.